The van der Waals surface area contributed by atoms with Crippen molar-refractivity contribution in [3.63, 3.8) is 0 Å². The van der Waals surface area contributed by atoms with Gasteiger partial charge in [-0.2, -0.15) is 5.26 Å². The molecule has 0 aliphatic rings. The molecular formula is C17H15NO2. The number of ether oxygens (including phenoxy) is 1. The lowest BCUT2D eigenvalue weighted by atomic mass is 9.97. The van der Waals surface area contributed by atoms with Crippen LogP contribution < -0.4 is 0 Å². The highest BCUT2D eigenvalue weighted by atomic mass is 16.5. The molecule has 3 heteroatoms. The van der Waals surface area contributed by atoms with Crippen molar-refractivity contribution in [3.8, 4) is 17.2 Å². The lowest BCUT2D eigenvalue weighted by molar-refractivity contribution is -0.141. The molecule has 1 atom stereocenters. The molecule has 0 N–H and O–H groups in total. The Hall–Kier alpha value is -2.60. The van der Waals surface area contributed by atoms with Crippen molar-refractivity contribution in [2.24, 2.45) is 0 Å². The van der Waals surface area contributed by atoms with Crippen LogP contribution in [0.2, 0.25) is 0 Å². The van der Waals surface area contributed by atoms with Crippen LogP contribution in [0.5, 0.6) is 0 Å². The molecule has 3 nitrogen and oxygen atoms in total. The van der Waals surface area contributed by atoms with E-state index in [0.717, 1.165) is 16.7 Å². The number of carbonyl (C=O) groups excluding carboxylic acids is 1. The third-order valence-corrected chi connectivity index (χ3v) is 3.31. The summed E-state index contributed by atoms with van der Waals surface area (Å²) in [6.07, 6.45) is 0. The summed E-state index contributed by atoms with van der Waals surface area (Å²) in [4.78, 5) is 11.5. The van der Waals surface area contributed by atoms with E-state index in [1.807, 2.05) is 43.3 Å². The van der Waals surface area contributed by atoms with Crippen LogP contribution in [0.1, 0.15) is 24.0 Å². The Morgan fingerprint density at radius 2 is 1.55 bits per heavy atom. The Balaban J connectivity index is 2.23. The van der Waals surface area contributed by atoms with E-state index in [1.165, 1.54) is 7.11 Å². The monoisotopic (exact) mass is 265 g/mol. The fourth-order valence-electron chi connectivity index (χ4n) is 2.01. The minimum atomic E-state index is -0.269. The number of nitriles is 1. The number of carbonyl (C=O) groups is 1. The van der Waals surface area contributed by atoms with Crippen molar-refractivity contribution in [3.05, 3.63) is 59.7 Å². The standard InChI is InChI=1S/C17H15NO2/c1-12(17(19)20-2)14-7-9-16(10-8-14)15-5-3-13(11-18)4-6-15/h3-10,12H,1-2H3. The van der Waals surface area contributed by atoms with E-state index >= 15 is 0 Å². The maximum atomic E-state index is 11.5. The Morgan fingerprint density at radius 1 is 1.05 bits per heavy atom. The van der Waals surface area contributed by atoms with Crippen LogP contribution in [0.3, 0.4) is 0 Å². The van der Waals surface area contributed by atoms with Crippen LogP contribution >= 0.6 is 0 Å². The van der Waals surface area contributed by atoms with E-state index in [9.17, 15) is 4.79 Å². The molecule has 0 saturated heterocycles. The summed E-state index contributed by atoms with van der Waals surface area (Å²) >= 11 is 0. The third-order valence-electron chi connectivity index (χ3n) is 3.31. The second-order valence-electron chi connectivity index (χ2n) is 4.56. The topological polar surface area (TPSA) is 50.1 Å². The highest BCUT2D eigenvalue weighted by molar-refractivity contribution is 5.78. The summed E-state index contributed by atoms with van der Waals surface area (Å²) in [5.41, 5.74) is 3.66. The summed E-state index contributed by atoms with van der Waals surface area (Å²) in [6, 6.07) is 17.3. The van der Waals surface area contributed by atoms with Gasteiger partial charge in [-0.3, -0.25) is 4.79 Å². The van der Waals surface area contributed by atoms with Crippen LogP contribution in [-0.2, 0) is 9.53 Å². The van der Waals surface area contributed by atoms with Crippen molar-refractivity contribution >= 4 is 5.97 Å². The van der Waals surface area contributed by atoms with Crippen molar-refractivity contribution in [2.45, 2.75) is 12.8 Å². The van der Waals surface area contributed by atoms with Crippen molar-refractivity contribution < 1.29 is 9.53 Å². The van der Waals surface area contributed by atoms with Gasteiger partial charge in [0.2, 0.25) is 0 Å². The van der Waals surface area contributed by atoms with Gasteiger partial charge in [0, 0.05) is 0 Å². The van der Waals surface area contributed by atoms with Crippen molar-refractivity contribution in [1.82, 2.24) is 0 Å². The molecule has 0 amide bonds. The Morgan fingerprint density at radius 3 is 2.00 bits per heavy atom. The second-order valence-corrected chi connectivity index (χ2v) is 4.56. The number of hydrogen-bond donors (Lipinski definition) is 0. The molecule has 1 unspecified atom stereocenters. The van der Waals surface area contributed by atoms with Gasteiger partial charge in [-0.25, -0.2) is 0 Å². The van der Waals surface area contributed by atoms with Gasteiger partial charge in [-0.05, 0) is 35.7 Å². The quantitative estimate of drug-likeness (QED) is 0.798. The number of benzene rings is 2. The average molecular weight is 265 g/mol. The average Bonchev–Trinajstić information content (AvgIpc) is 2.53. The van der Waals surface area contributed by atoms with Crippen LogP contribution in [-0.4, -0.2) is 13.1 Å². The number of nitrogens with zero attached hydrogens (tertiary/aromatic N) is 1. The molecule has 0 radical (unpaired) electrons. The van der Waals surface area contributed by atoms with E-state index in [0.29, 0.717) is 5.56 Å². The van der Waals surface area contributed by atoms with Gasteiger partial charge in [-0.1, -0.05) is 36.4 Å². The molecule has 2 aromatic rings. The SMILES string of the molecule is COC(=O)C(C)c1ccc(-c2ccc(C#N)cc2)cc1. The molecule has 0 spiro atoms. The smallest absolute Gasteiger partial charge is 0.312 e. The summed E-state index contributed by atoms with van der Waals surface area (Å²) in [5.74, 6) is -0.508. The zero-order valence-corrected chi connectivity index (χ0v) is 11.5. The normalized spacial score (nSPS) is 11.4. The first kappa shape index (κ1) is 13.8. The number of esters is 1. The highest BCUT2D eigenvalue weighted by Crippen LogP contribution is 2.23. The fraction of sp³-hybridized carbons (Fsp3) is 0.176. The molecule has 0 aromatic heterocycles. The zero-order valence-electron chi connectivity index (χ0n) is 11.5. The van der Waals surface area contributed by atoms with Gasteiger partial charge >= 0.3 is 5.97 Å². The fourth-order valence-corrected chi connectivity index (χ4v) is 2.01. The molecule has 2 aromatic carbocycles. The first-order chi connectivity index (χ1) is 9.65. The number of methoxy groups -OCH3 is 1. The highest BCUT2D eigenvalue weighted by Gasteiger charge is 2.15. The molecule has 0 heterocycles. The predicted octanol–water partition coefficient (Wildman–Crippen LogP) is 3.50. The lowest BCUT2D eigenvalue weighted by Gasteiger charge is -2.10. The minimum Gasteiger partial charge on any atom is -0.469 e. The first-order valence-corrected chi connectivity index (χ1v) is 6.34. The minimum absolute atomic E-state index is 0.240. The number of rotatable bonds is 3. The van der Waals surface area contributed by atoms with Gasteiger partial charge in [0.15, 0.2) is 0 Å². The maximum absolute atomic E-state index is 11.5. The van der Waals surface area contributed by atoms with Gasteiger partial charge < -0.3 is 4.74 Å². The van der Waals surface area contributed by atoms with Crippen molar-refractivity contribution in [1.29, 1.82) is 5.26 Å². The lowest BCUT2D eigenvalue weighted by Crippen LogP contribution is -2.10. The number of hydrogen-bond acceptors (Lipinski definition) is 3. The summed E-state index contributed by atoms with van der Waals surface area (Å²) in [7, 11) is 1.39. The van der Waals surface area contributed by atoms with Gasteiger partial charge in [0.1, 0.15) is 0 Å². The molecule has 2 rings (SSSR count). The van der Waals surface area contributed by atoms with Gasteiger partial charge in [0.05, 0.1) is 24.7 Å². The van der Waals surface area contributed by atoms with Crippen LogP contribution in [0.4, 0.5) is 0 Å². The largest absolute Gasteiger partial charge is 0.469 e. The summed E-state index contributed by atoms with van der Waals surface area (Å²) in [6.45, 7) is 1.82. The molecule has 0 saturated carbocycles. The van der Waals surface area contributed by atoms with Crippen LogP contribution in [0.15, 0.2) is 48.5 Å². The molecule has 100 valence electrons. The maximum Gasteiger partial charge on any atom is 0.312 e. The third kappa shape index (κ3) is 2.86. The Kier molecular flexibility index (Phi) is 4.17. The molecule has 0 aliphatic heterocycles. The Labute approximate surface area is 118 Å². The molecule has 0 fully saturated rings. The van der Waals surface area contributed by atoms with Crippen LogP contribution in [0, 0.1) is 11.3 Å². The van der Waals surface area contributed by atoms with E-state index < -0.39 is 0 Å². The van der Waals surface area contributed by atoms with E-state index in [-0.39, 0.29) is 11.9 Å². The molecule has 20 heavy (non-hydrogen) atoms. The molecule has 0 aliphatic carbocycles. The molecule has 0 bridgehead atoms. The van der Waals surface area contributed by atoms with Crippen molar-refractivity contribution in [2.75, 3.05) is 7.11 Å². The van der Waals surface area contributed by atoms with Gasteiger partial charge in [-0.15, -0.1) is 0 Å². The van der Waals surface area contributed by atoms with E-state index in [1.54, 1.807) is 12.1 Å². The van der Waals surface area contributed by atoms with E-state index in [4.69, 9.17) is 10.00 Å². The second kappa shape index (κ2) is 6.03. The zero-order chi connectivity index (χ0) is 14.5. The molecular weight excluding hydrogens is 250 g/mol. The van der Waals surface area contributed by atoms with Gasteiger partial charge in [0.25, 0.3) is 0 Å². The van der Waals surface area contributed by atoms with E-state index in [2.05, 4.69) is 6.07 Å². The Bertz CT molecular complexity index is 636. The predicted molar refractivity (Wildman–Crippen MR) is 77.0 cm³/mol. The summed E-state index contributed by atoms with van der Waals surface area (Å²) < 4.78 is 4.74. The summed E-state index contributed by atoms with van der Waals surface area (Å²) in [5, 5.41) is 8.78. The van der Waals surface area contributed by atoms with Crippen LogP contribution in [0.25, 0.3) is 11.1 Å². The first-order valence-electron chi connectivity index (χ1n) is 6.34.